The van der Waals surface area contributed by atoms with Crippen molar-refractivity contribution >= 4 is 20.5 Å². The molecule has 7 heteroatoms. The molecule has 0 bridgehead atoms. The first-order chi connectivity index (χ1) is 8.73. The molecule has 108 valence electrons. The quantitative estimate of drug-likeness (QED) is 0.386. The minimum atomic E-state index is -2.99. The lowest BCUT2D eigenvalue weighted by molar-refractivity contribution is -0.140. The van der Waals surface area contributed by atoms with E-state index in [1.165, 1.54) is 0 Å². The first-order valence-corrected chi connectivity index (χ1v) is 8.65. The predicted molar refractivity (Wildman–Crippen MR) is 71.2 cm³/mol. The maximum absolute atomic E-state index is 11.6. The highest BCUT2D eigenvalue weighted by atomic mass is 28.4. The van der Waals surface area contributed by atoms with Gasteiger partial charge in [0.2, 0.25) is 0 Å². The summed E-state index contributed by atoms with van der Waals surface area (Å²) in [6.45, 7) is 14.0. The van der Waals surface area contributed by atoms with Crippen LogP contribution in [0.5, 0.6) is 0 Å². The summed E-state index contributed by atoms with van der Waals surface area (Å²) in [6.07, 6.45) is 0. The van der Waals surface area contributed by atoms with Crippen molar-refractivity contribution in [2.24, 2.45) is 0 Å². The molecule has 0 unspecified atom stereocenters. The molecule has 0 spiro atoms. The van der Waals surface area contributed by atoms with E-state index < -0.39 is 20.5 Å². The van der Waals surface area contributed by atoms with Crippen molar-refractivity contribution in [3.8, 4) is 0 Å². The average Bonchev–Trinajstić information content (AvgIpc) is 2.28. The molecular formula is C12H20O6Si. The summed E-state index contributed by atoms with van der Waals surface area (Å²) in [7, 11) is -2.99. The van der Waals surface area contributed by atoms with Crippen molar-refractivity contribution in [1.29, 1.82) is 0 Å². The SMILES string of the molecule is C=C(OCC)C(=O)O[Si](C)(C)OC(=O)C(=C)OCC. The van der Waals surface area contributed by atoms with Crippen LogP contribution in [0.1, 0.15) is 13.8 Å². The van der Waals surface area contributed by atoms with E-state index in [-0.39, 0.29) is 11.5 Å². The molecule has 0 fully saturated rings. The van der Waals surface area contributed by atoms with E-state index in [2.05, 4.69) is 13.2 Å². The predicted octanol–water partition coefficient (Wildman–Crippen LogP) is 1.87. The summed E-state index contributed by atoms with van der Waals surface area (Å²) in [5, 5.41) is 0. The van der Waals surface area contributed by atoms with Gasteiger partial charge in [-0.2, -0.15) is 0 Å². The van der Waals surface area contributed by atoms with Crippen molar-refractivity contribution in [2.45, 2.75) is 26.9 Å². The smallest absolute Gasteiger partial charge is 0.458 e. The third kappa shape index (κ3) is 6.66. The van der Waals surface area contributed by atoms with Crippen molar-refractivity contribution in [3.05, 3.63) is 24.7 Å². The number of hydrogen-bond donors (Lipinski definition) is 0. The van der Waals surface area contributed by atoms with Gasteiger partial charge in [0.05, 0.1) is 13.2 Å². The zero-order valence-electron chi connectivity index (χ0n) is 11.8. The Morgan fingerprint density at radius 2 is 1.21 bits per heavy atom. The molecule has 0 saturated heterocycles. The van der Waals surface area contributed by atoms with Gasteiger partial charge in [0.15, 0.2) is 11.5 Å². The zero-order chi connectivity index (χ0) is 15.1. The molecule has 0 saturated carbocycles. The Hall–Kier alpha value is -1.76. The maximum Gasteiger partial charge on any atom is 0.458 e. The molecule has 6 nitrogen and oxygen atoms in total. The van der Waals surface area contributed by atoms with E-state index in [0.717, 1.165) is 0 Å². The Morgan fingerprint density at radius 1 is 0.895 bits per heavy atom. The minimum absolute atomic E-state index is 0.122. The van der Waals surface area contributed by atoms with Crippen LogP contribution >= 0.6 is 0 Å². The Morgan fingerprint density at radius 3 is 1.47 bits per heavy atom. The van der Waals surface area contributed by atoms with Gasteiger partial charge in [0.1, 0.15) is 0 Å². The van der Waals surface area contributed by atoms with Crippen LogP contribution in [0, 0.1) is 0 Å². The molecule has 0 rings (SSSR count). The second-order valence-electron chi connectivity index (χ2n) is 3.89. The molecule has 0 aliphatic carbocycles. The average molecular weight is 288 g/mol. The molecule has 0 aliphatic rings. The molecule has 0 aromatic rings. The van der Waals surface area contributed by atoms with Gasteiger partial charge in [0, 0.05) is 13.1 Å². The van der Waals surface area contributed by atoms with Gasteiger partial charge in [-0.25, -0.2) is 9.59 Å². The molecule has 0 heterocycles. The van der Waals surface area contributed by atoms with Gasteiger partial charge in [-0.3, -0.25) is 0 Å². The molecule has 0 atom stereocenters. The lowest BCUT2D eigenvalue weighted by Crippen LogP contribution is -2.40. The van der Waals surface area contributed by atoms with Crippen molar-refractivity contribution in [2.75, 3.05) is 13.2 Å². The van der Waals surface area contributed by atoms with Gasteiger partial charge in [-0.1, -0.05) is 0 Å². The third-order valence-electron chi connectivity index (χ3n) is 1.77. The van der Waals surface area contributed by atoms with Crippen LogP contribution in [-0.4, -0.2) is 33.7 Å². The molecule has 0 aliphatic heterocycles. The fraction of sp³-hybridized carbons (Fsp3) is 0.500. The molecule has 19 heavy (non-hydrogen) atoms. The van der Waals surface area contributed by atoms with Crippen molar-refractivity contribution in [1.82, 2.24) is 0 Å². The standard InChI is InChI=1S/C12H20O6Si/c1-7-15-9(3)11(13)17-19(5,6)18-12(14)10(4)16-8-2/h3-4,7-8H2,1-2,5-6H3. The molecular weight excluding hydrogens is 268 g/mol. The van der Waals surface area contributed by atoms with E-state index >= 15 is 0 Å². The third-order valence-corrected chi connectivity index (χ3v) is 3.12. The number of ether oxygens (including phenoxy) is 2. The molecule has 0 aromatic carbocycles. The Balaban J connectivity index is 4.47. The Bertz CT molecular complexity index is 340. The van der Waals surface area contributed by atoms with Gasteiger partial charge < -0.3 is 18.3 Å². The maximum atomic E-state index is 11.6. The van der Waals surface area contributed by atoms with Gasteiger partial charge in [-0.05, 0) is 27.0 Å². The first-order valence-electron chi connectivity index (χ1n) is 5.83. The molecule has 0 amide bonds. The molecule has 0 aromatic heterocycles. The summed E-state index contributed by atoms with van der Waals surface area (Å²) in [4.78, 5) is 23.1. The van der Waals surface area contributed by atoms with Gasteiger partial charge in [0.25, 0.3) is 0 Å². The highest BCUT2D eigenvalue weighted by molar-refractivity contribution is 6.68. The summed E-state index contributed by atoms with van der Waals surface area (Å²) in [6, 6.07) is 0. The largest absolute Gasteiger partial charge is 0.487 e. The lowest BCUT2D eigenvalue weighted by atomic mass is 10.6. The summed E-state index contributed by atoms with van der Waals surface area (Å²) < 4.78 is 20.0. The van der Waals surface area contributed by atoms with E-state index in [9.17, 15) is 9.59 Å². The fourth-order valence-corrected chi connectivity index (χ4v) is 2.21. The number of hydrogen-bond acceptors (Lipinski definition) is 6. The van der Waals surface area contributed by atoms with Crippen molar-refractivity contribution < 1.29 is 27.9 Å². The zero-order valence-corrected chi connectivity index (χ0v) is 12.8. The van der Waals surface area contributed by atoms with Gasteiger partial charge in [-0.15, -0.1) is 0 Å². The van der Waals surface area contributed by atoms with Crippen LogP contribution in [0.25, 0.3) is 0 Å². The second kappa shape index (κ2) is 7.62. The van der Waals surface area contributed by atoms with E-state index in [4.69, 9.17) is 18.3 Å². The van der Waals surface area contributed by atoms with E-state index in [1.54, 1.807) is 26.9 Å². The second-order valence-corrected chi connectivity index (χ2v) is 7.10. The number of rotatable bonds is 8. The summed E-state index contributed by atoms with van der Waals surface area (Å²) in [5.41, 5.74) is 0. The summed E-state index contributed by atoms with van der Waals surface area (Å²) in [5.74, 6) is -1.73. The van der Waals surface area contributed by atoms with E-state index in [1.807, 2.05) is 0 Å². The topological polar surface area (TPSA) is 71.1 Å². The first kappa shape index (κ1) is 17.2. The highest BCUT2D eigenvalue weighted by Crippen LogP contribution is 2.13. The molecule has 0 radical (unpaired) electrons. The summed E-state index contributed by atoms with van der Waals surface area (Å²) >= 11 is 0. The van der Waals surface area contributed by atoms with Crippen LogP contribution in [0.15, 0.2) is 24.7 Å². The Kier molecular flexibility index (Phi) is 6.92. The van der Waals surface area contributed by atoms with Gasteiger partial charge >= 0.3 is 20.5 Å². The van der Waals surface area contributed by atoms with Crippen LogP contribution in [0.4, 0.5) is 0 Å². The van der Waals surface area contributed by atoms with E-state index in [0.29, 0.717) is 13.2 Å². The van der Waals surface area contributed by atoms with Crippen molar-refractivity contribution in [3.63, 3.8) is 0 Å². The van der Waals surface area contributed by atoms with Crippen LogP contribution < -0.4 is 0 Å². The number of carbonyl (C=O) groups is 2. The normalized spacial score (nSPS) is 10.3. The monoisotopic (exact) mass is 288 g/mol. The molecule has 0 N–H and O–H groups in total. The Labute approximate surface area is 114 Å². The number of carbonyl (C=O) groups excluding carboxylic acids is 2. The lowest BCUT2D eigenvalue weighted by Gasteiger charge is -2.22. The van der Waals surface area contributed by atoms with Crippen LogP contribution in [0.2, 0.25) is 13.1 Å². The van der Waals surface area contributed by atoms with Crippen LogP contribution in [0.3, 0.4) is 0 Å². The highest BCUT2D eigenvalue weighted by Gasteiger charge is 2.35. The van der Waals surface area contributed by atoms with Crippen LogP contribution in [-0.2, 0) is 27.9 Å². The minimum Gasteiger partial charge on any atom is -0.487 e. The fourth-order valence-electron chi connectivity index (χ4n) is 1.05.